The molecule has 30 heavy (non-hydrogen) atoms. The van der Waals surface area contributed by atoms with Crippen LogP contribution in [-0.4, -0.2) is 28.8 Å². The van der Waals surface area contributed by atoms with Crippen molar-refractivity contribution < 1.29 is 23.8 Å². The molecule has 150 valence electrons. The highest BCUT2D eigenvalue weighted by molar-refractivity contribution is 7.73. The molecule has 1 N–H and O–H groups in total. The monoisotopic (exact) mass is 440 g/mol. The number of halogens is 1. The van der Waals surface area contributed by atoms with Crippen LogP contribution in [0.25, 0.3) is 17.8 Å². The summed E-state index contributed by atoms with van der Waals surface area (Å²) in [5, 5.41) is 11.9. The first-order chi connectivity index (χ1) is 14.5. The molecular formula is C21H13FN2O4S2. The third kappa shape index (κ3) is 3.21. The quantitative estimate of drug-likeness (QED) is 0.490. The molecule has 1 aromatic heterocycles. The maximum Gasteiger partial charge on any atom is 0.277 e. The molecule has 0 spiro atoms. The maximum atomic E-state index is 13.6. The van der Waals surface area contributed by atoms with Crippen LogP contribution < -0.4 is 20.0 Å². The van der Waals surface area contributed by atoms with Gasteiger partial charge in [-0.05, 0) is 48.6 Å². The Labute approximate surface area is 178 Å². The van der Waals surface area contributed by atoms with Crippen LogP contribution in [0.1, 0.15) is 4.88 Å². The van der Waals surface area contributed by atoms with Gasteiger partial charge in [0, 0.05) is 16.9 Å². The van der Waals surface area contributed by atoms with E-state index in [0.29, 0.717) is 49.8 Å². The highest BCUT2D eigenvalue weighted by Crippen LogP contribution is 2.32. The molecule has 0 unspecified atom stereocenters. The number of carbonyl (C=O) groups is 1. The summed E-state index contributed by atoms with van der Waals surface area (Å²) in [4.78, 5) is 17.1. The molecule has 0 saturated carbocycles. The molecule has 2 aliphatic heterocycles. The van der Waals surface area contributed by atoms with E-state index in [1.54, 1.807) is 24.3 Å². The zero-order valence-corrected chi connectivity index (χ0v) is 16.9. The van der Waals surface area contributed by atoms with Crippen LogP contribution >= 0.6 is 23.6 Å². The molecule has 3 heterocycles. The standard InChI is InChI=1S/C21H13FN2O4S2/c22-13-2-1-3-14(9-13)24-20(26)18(30-21(24)29)8-12-6-11-7-16-17(28-5-4-27-16)10-15(11)23-19(12)25/h1-3,6-10,26H,4-5H2. The van der Waals surface area contributed by atoms with Gasteiger partial charge in [-0.2, -0.15) is 0 Å². The number of carbonyl (C=O) groups excluding carboxylic acids is 1. The van der Waals surface area contributed by atoms with E-state index < -0.39 is 11.7 Å². The van der Waals surface area contributed by atoms with Crippen molar-refractivity contribution >= 4 is 41.6 Å². The Morgan fingerprint density at radius 1 is 1.20 bits per heavy atom. The van der Waals surface area contributed by atoms with E-state index in [1.165, 1.54) is 28.8 Å². The Kier molecular flexibility index (Phi) is 4.48. The minimum atomic E-state index is -0.449. The normalized spacial score (nSPS) is 16.0. The number of rotatable bonds is 2. The number of thiazole rings is 1. The molecule has 3 aromatic rings. The summed E-state index contributed by atoms with van der Waals surface area (Å²) in [7, 11) is 0. The van der Waals surface area contributed by atoms with Gasteiger partial charge in [0.1, 0.15) is 19.0 Å². The predicted octanol–water partition coefficient (Wildman–Crippen LogP) is 2.91. The zero-order valence-electron chi connectivity index (χ0n) is 15.3. The number of hydrogen-bond acceptors (Lipinski definition) is 6. The molecule has 0 saturated heterocycles. The van der Waals surface area contributed by atoms with E-state index in [1.807, 2.05) is 0 Å². The second-order valence-electron chi connectivity index (χ2n) is 6.59. The number of benzene rings is 2. The Balaban J connectivity index is 1.61. The summed E-state index contributed by atoms with van der Waals surface area (Å²) in [6.07, 6.45) is 3.20. The number of aromatic nitrogens is 1. The van der Waals surface area contributed by atoms with Gasteiger partial charge < -0.3 is 14.6 Å². The molecule has 1 amide bonds. The van der Waals surface area contributed by atoms with Crippen molar-refractivity contribution in [3.63, 3.8) is 0 Å². The van der Waals surface area contributed by atoms with Crippen molar-refractivity contribution in [3.05, 3.63) is 67.2 Å². The molecule has 6 nitrogen and oxygen atoms in total. The second kappa shape index (κ2) is 7.19. The van der Waals surface area contributed by atoms with Gasteiger partial charge in [-0.15, -0.1) is 11.3 Å². The first-order valence-electron chi connectivity index (χ1n) is 8.96. The number of amides is 1. The third-order valence-electron chi connectivity index (χ3n) is 4.64. The second-order valence-corrected chi connectivity index (χ2v) is 8.26. The average Bonchev–Trinajstić information content (AvgIpc) is 3.00. The molecule has 0 radical (unpaired) electrons. The highest BCUT2D eigenvalue weighted by Gasteiger charge is 2.18. The van der Waals surface area contributed by atoms with Crippen LogP contribution in [0, 0.1) is 9.77 Å². The van der Waals surface area contributed by atoms with Crippen molar-refractivity contribution in [2.45, 2.75) is 0 Å². The number of ether oxygens (including phenoxy) is 2. The fraction of sp³-hybridized carbons (Fsp3) is 0.0952. The SMILES string of the molecule is O=C1N=c2cc3c(cc2=CC1=Cc1sc(=S)n(-c2cccc(F)c2)c1O)OCCO3. The van der Waals surface area contributed by atoms with Gasteiger partial charge in [0.05, 0.1) is 15.9 Å². The van der Waals surface area contributed by atoms with Crippen LogP contribution in [0.2, 0.25) is 0 Å². The predicted molar refractivity (Wildman–Crippen MR) is 112 cm³/mol. The van der Waals surface area contributed by atoms with Gasteiger partial charge in [0.15, 0.2) is 15.5 Å². The fourth-order valence-corrected chi connectivity index (χ4v) is 4.57. The van der Waals surface area contributed by atoms with Gasteiger partial charge in [0.25, 0.3) is 5.91 Å². The lowest BCUT2D eigenvalue weighted by Crippen LogP contribution is -2.32. The third-order valence-corrected chi connectivity index (χ3v) is 5.95. The number of hydrogen-bond donors (Lipinski definition) is 1. The zero-order chi connectivity index (χ0) is 20.8. The summed E-state index contributed by atoms with van der Waals surface area (Å²) in [5.41, 5.74) is 0.688. The van der Waals surface area contributed by atoms with Crippen molar-refractivity contribution in [3.8, 4) is 23.1 Å². The van der Waals surface area contributed by atoms with Crippen LogP contribution in [0.5, 0.6) is 17.4 Å². The van der Waals surface area contributed by atoms with E-state index in [-0.39, 0.29) is 11.5 Å². The smallest absolute Gasteiger partial charge is 0.277 e. The minimum Gasteiger partial charge on any atom is -0.493 e. The summed E-state index contributed by atoms with van der Waals surface area (Å²) < 4.78 is 26.4. The van der Waals surface area contributed by atoms with E-state index in [0.717, 1.165) is 11.3 Å². The van der Waals surface area contributed by atoms with E-state index >= 15 is 0 Å². The molecule has 0 fully saturated rings. The van der Waals surface area contributed by atoms with Crippen LogP contribution in [0.3, 0.4) is 0 Å². The topological polar surface area (TPSA) is 73.1 Å². The molecule has 0 bridgehead atoms. The van der Waals surface area contributed by atoms with Gasteiger partial charge in [-0.25, -0.2) is 9.38 Å². The molecule has 0 atom stereocenters. The number of aromatic hydroxyl groups is 1. The van der Waals surface area contributed by atoms with Gasteiger partial charge in [0.2, 0.25) is 5.88 Å². The fourth-order valence-electron chi connectivity index (χ4n) is 3.27. The Bertz CT molecular complexity index is 1420. The van der Waals surface area contributed by atoms with E-state index in [9.17, 15) is 14.3 Å². The van der Waals surface area contributed by atoms with E-state index in [4.69, 9.17) is 21.7 Å². The van der Waals surface area contributed by atoms with Crippen molar-refractivity contribution in [1.29, 1.82) is 0 Å². The molecule has 9 heteroatoms. The largest absolute Gasteiger partial charge is 0.493 e. The number of fused-ring (bicyclic) bond motifs is 2. The molecule has 2 aliphatic rings. The van der Waals surface area contributed by atoms with Crippen LogP contribution in [0.15, 0.2) is 47.0 Å². The van der Waals surface area contributed by atoms with E-state index in [2.05, 4.69) is 4.99 Å². The minimum absolute atomic E-state index is 0.169. The van der Waals surface area contributed by atoms with Gasteiger partial charge >= 0.3 is 0 Å². The summed E-state index contributed by atoms with van der Waals surface area (Å²) in [5.74, 6) is 0.0872. The van der Waals surface area contributed by atoms with Gasteiger partial charge in [-0.3, -0.25) is 9.36 Å². The van der Waals surface area contributed by atoms with Gasteiger partial charge in [-0.1, -0.05) is 6.07 Å². The highest BCUT2D eigenvalue weighted by atomic mass is 32.1. The number of nitrogens with zero attached hydrogens (tertiary/aromatic N) is 2. The summed E-state index contributed by atoms with van der Waals surface area (Å²) in [6, 6.07) is 9.19. The lowest BCUT2D eigenvalue weighted by atomic mass is 10.1. The Morgan fingerprint density at radius 2 is 1.97 bits per heavy atom. The molecule has 2 aromatic carbocycles. The first-order valence-corrected chi connectivity index (χ1v) is 10.2. The lowest BCUT2D eigenvalue weighted by molar-refractivity contribution is -0.114. The summed E-state index contributed by atoms with van der Waals surface area (Å²) >= 11 is 6.45. The Hall–Kier alpha value is -3.30. The maximum absolute atomic E-state index is 13.6. The van der Waals surface area contributed by atoms with Crippen molar-refractivity contribution in [2.24, 2.45) is 4.99 Å². The molecule has 5 rings (SSSR count). The first kappa shape index (κ1) is 18.7. The van der Waals surface area contributed by atoms with Crippen molar-refractivity contribution in [1.82, 2.24) is 4.57 Å². The summed E-state index contributed by atoms with van der Waals surface area (Å²) in [6.45, 7) is 0.899. The van der Waals surface area contributed by atoms with Crippen molar-refractivity contribution in [2.75, 3.05) is 13.2 Å². The molecular weight excluding hydrogens is 427 g/mol. The van der Waals surface area contributed by atoms with Crippen LogP contribution in [-0.2, 0) is 4.79 Å². The molecule has 0 aliphatic carbocycles. The average molecular weight is 440 g/mol. The lowest BCUT2D eigenvalue weighted by Gasteiger charge is -2.18. The Morgan fingerprint density at radius 3 is 2.73 bits per heavy atom. The van der Waals surface area contributed by atoms with Crippen LogP contribution in [0.4, 0.5) is 4.39 Å².